The highest BCUT2D eigenvalue weighted by molar-refractivity contribution is 14.1. The van der Waals surface area contributed by atoms with Gasteiger partial charge in [0, 0.05) is 32.9 Å². The summed E-state index contributed by atoms with van der Waals surface area (Å²) in [5.41, 5.74) is 3.49. The van der Waals surface area contributed by atoms with Crippen LogP contribution in [-0.2, 0) is 4.79 Å². The number of anilines is 1. The molecule has 0 heterocycles. The second-order valence-electron chi connectivity index (χ2n) is 6.32. The number of carbonyl (C=O) groups is 1. The van der Waals surface area contributed by atoms with Gasteiger partial charge in [-0.15, -0.1) is 0 Å². The van der Waals surface area contributed by atoms with Crippen molar-refractivity contribution in [2.75, 3.05) is 19.1 Å². The zero-order valence-electron chi connectivity index (χ0n) is 16.3. The number of para-hydroxylation sites is 1. The van der Waals surface area contributed by atoms with E-state index in [0.717, 1.165) is 20.4 Å². The number of amides is 1. The fourth-order valence-corrected chi connectivity index (χ4v) is 3.57. The van der Waals surface area contributed by atoms with E-state index in [2.05, 4.69) is 41.0 Å². The lowest BCUT2D eigenvalue weighted by molar-refractivity contribution is -0.113. The Morgan fingerprint density at radius 3 is 2.38 bits per heavy atom. The third kappa shape index (κ3) is 4.87. The number of hydrogen-bond donors (Lipinski definition) is 0. The van der Waals surface area contributed by atoms with Crippen LogP contribution in [0, 0.1) is 15.4 Å². The maximum atomic E-state index is 13.2. The second-order valence-corrected chi connectivity index (χ2v) is 7.48. The van der Waals surface area contributed by atoms with Gasteiger partial charge in [-0.2, -0.15) is 0 Å². The van der Waals surface area contributed by atoms with Crippen LogP contribution in [0.1, 0.15) is 16.7 Å². The smallest absolute Gasteiger partial charge is 0.258 e. The Labute approximate surface area is 185 Å². The molecule has 0 aromatic heterocycles. The quantitative estimate of drug-likeness (QED) is 0.278. The van der Waals surface area contributed by atoms with Gasteiger partial charge in [-0.25, -0.2) is 0 Å². The highest BCUT2D eigenvalue weighted by atomic mass is 127. The molecule has 29 heavy (non-hydrogen) atoms. The number of methoxy groups -OCH3 is 1. The van der Waals surface area contributed by atoms with Gasteiger partial charge in [0.1, 0.15) is 5.75 Å². The van der Waals surface area contributed by atoms with E-state index in [1.54, 1.807) is 25.1 Å². The van der Waals surface area contributed by atoms with Crippen LogP contribution in [0.5, 0.6) is 5.75 Å². The molecule has 0 bridgehead atoms. The predicted molar refractivity (Wildman–Crippen MR) is 127 cm³/mol. The third-order valence-electron chi connectivity index (χ3n) is 4.44. The molecule has 0 unspecified atom stereocenters. The molecule has 0 fully saturated rings. The molecular formula is C25H20INO2. The van der Waals surface area contributed by atoms with Gasteiger partial charge in [-0.3, -0.25) is 4.79 Å². The van der Waals surface area contributed by atoms with Crippen LogP contribution in [0.3, 0.4) is 0 Å². The molecule has 0 radical (unpaired) electrons. The molecule has 4 heteroatoms. The van der Waals surface area contributed by atoms with Crippen molar-refractivity contribution in [3.63, 3.8) is 0 Å². The van der Waals surface area contributed by atoms with Gasteiger partial charge in [0.05, 0.1) is 12.8 Å². The molecular weight excluding hydrogens is 473 g/mol. The molecule has 0 aliphatic heterocycles. The molecule has 144 valence electrons. The molecule has 1 amide bonds. The minimum absolute atomic E-state index is 0.190. The summed E-state index contributed by atoms with van der Waals surface area (Å²) in [5.74, 6) is 6.77. The lowest BCUT2D eigenvalue weighted by Gasteiger charge is -2.21. The van der Waals surface area contributed by atoms with E-state index in [1.165, 1.54) is 0 Å². The van der Waals surface area contributed by atoms with E-state index < -0.39 is 0 Å². The summed E-state index contributed by atoms with van der Waals surface area (Å²) in [7, 11) is 3.35. The molecule has 0 aliphatic rings. The first-order chi connectivity index (χ1) is 14.0. The number of rotatable bonds is 4. The number of halogens is 1. The molecule has 0 saturated heterocycles. The number of ether oxygens (including phenoxy) is 1. The van der Waals surface area contributed by atoms with E-state index in [-0.39, 0.29) is 5.91 Å². The maximum absolute atomic E-state index is 13.2. The van der Waals surface area contributed by atoms with Crippen LogP contribution in [0.25, 0.3) is 5.57 Å². The molecule has 3 aromatic rings. The van der Waals surface area contributed by atoms with Gasteiger partial charge in [-0.05, 0) is 65.1 Å². The molecule has 0 aliphatic carbocycles. The van der Waals surface area contributed by atoms with Crippen LogP contribution in [0.15, 0.2) is 79.4 Å². The fourth-order valence-electron chi connectivity index (χ4n) is 2.82. The van der Waals surface area contributed by atoms with Crippen molar-refractivity contribution >= 4 is 39.8 Å². The summed E-state index contributed by atoms with van der Waals surface area (Å²) in [4.78, 5) is 14.8. The molecule has 0 atom stereocenters. The SMILES string of the molecule is C=C(C(=O)N(C)c1ccccc1I)c1cc(OC)ccc1C#Cc1ccccc1. The Kier molecular flexibility index (Phi) is 6.73. The third-order valence-corrected chi connectivity index (χ3v) is 5.36. The number of nitrogens with zero attached hydrogens (tertiary/aromatic N) is 1. The van der Waals surface area contributed by atoms with Crippen molar-refractivity contribution in [3.8, 4) is 17.6 Å². The Bertz CT molecular complexity index is 1110. The van der Waals surface area contributed by atoms with Crippen molar-refractivity contribution in [1.82, 2.24) is 0 Å². The summed E-state index contributed by atoms with van der Waals surface area (Å²) in [5, 5.41) is 0. The van der Waals surface area contributed by atoms with E-state index >= 15 is 0 Å². The molecule has 3 rings (SSSR count). The number of carbonyl (C=O) groups excluding carboxylic acids is 1. The summed E-state index contributed by atoms with van der Waals surface area (Å²) in [6.07, 6.45) is 0. The van der Waals surface area contributed by atoms with Crippen LogP contribution in [0.4, 0.5) is 5.69 Å². The van der Waals surface area contributed by atoms with E-state index in [0.29, 0.717) is 16.9 Å². The first kappa shape index (κ1) is 20.7. The minimum atomic E-state index is -0.190. The first-order valence-corrected chi connectivity index (χ1v) is 10.1. The average molecular weight is 493 g/mol. The van der Waals surface area contributed by atoms with Crippen molar-refractivity contribution in [1.29, 1.82) is 0 Å². The molecule has 0 saturated carbocycles. The zero-order chi connectivity index (χ0) is 20.8. The van der Waals surface area contributed by atoms with Crippen LogP contribution in [0.2, 0.25) is 0 Å². The molecule has 0 spiro atoms. The van der Waals surface area contributed by atoms with Gasteiger partial charge in [-0.1, -0.05) is 48.8 Å². The van der Waals surface area contributed by atoms with Gasteiger partial charge < -0.3 is 9.64 Å². The minimum Gasteiger partial charge on any atom is -0.497 e. The standard InChI is InChI=1S/C25H20INO2/c1-18(25(28)27(2)24-12-8-7-11-23(24)26)22-17-21(29-3)16-15-20(22)14-13-19-9-5-4-6-10-19/h4-12,15-17H,1H2,2-3H3. The number of likely N-dealkylation sites (N-methyl/N-ethyl adjacent to an activating group) is 1. The Morgan fingerprint density at radius 2 is 1.69 bits per heavy atom. The van der Waals surface area contributed by atoms with E-state index in [1.807, 2.05) is 66.7 Å². The van der Waals surface area contributed by atoms with Crippen molar-refractivity contribution in [2.45, 2.75) is 0 Å². The second kappa shape index (κ2) is 9.44. The van der Waals surface area contributed by atoms with Crippen molar-refractivity contribution < 1.29 is 9.53 Å². The lowest BCUT2D eigenvalue weighted by Crippen LogP contribution is -2.27. The Balaban J connectivity index is 1.98. The molecule has 3 aromatic carbocycles. The topological polar surface area (TPSA) is 29.5 Å². The number of hydrogen-bond acceptors (Lipinski definition) is 2. The van der Waals surface area contributed by atoms with E-state index in [4.69, 9.17) is 4.74 Å². The number of benzene rings is 3. The van der Waals surface area contributed by atoms with Crippen molar-refractivity contribution in [2.24, 2.45) is 0 Å². The monoisotopic (exact) mass is 493 g/mol. The largest absolute Gasteiger partial charge is 0.497 e. The van der Waals surface area contributed by atoms with Gasteiger partial charge in [0.15, 0.2) is 0 Å². The predicted octanol–water partition coefficient (Wildman–Crippen LogP) is 5.38. The summed E-state index contributed by atoms with van der Waals surface area (Å²) < 4.78 is 6.34. The van der Waals surface area contributed by atoms with Crippen LogP contribution in [-0.4, -0.2) is 20.1 Å². The van der Waals surface area contributed by atoms with Gasteiger partial charge >= 0.3 is 0 Å². The van der Waals surface area contributed by atoms with Gasteiger partial charge in [0.2, 0.25) is 0 Å². The highest BCUT2D eigenvalue weighted by Gasteiger charge is 2.20. The highest BCUT2D eigenvalue weighted by Crippen LogP contribution is 2.28. The van der Waals surface area contributed by atoms with E-state index in [9.17, 15) is 4.79 Å². The maximum Gasteiger partial charge on any atom is 0.258 e. The molecule has 0 N–H and O–H groups in total. The van der Waals surface area contributed by atoms with Gasteiger partial charge in [0.25, 0.3) is 5.91 Å². The van der Waals surface area contributed by atoms with Crippen LogP contribution < -0.4 is 9.64 Å². The fraction of sp³-hybridized carbons (Fsp3) is 0.0800. The summed E-state index contributed by atoms with van der Waals surface area (Å²) >= 11 is 2.22. The normalized spacial score (nSPS) is 9.90. The summed E-state index contributed by atoms with van der Waals surface area (Å²) in [6, 6.07) is 22.9. The Hall–Kier alpha value is -3.04. The van der Waals surface area contributed by atoms with Crippen LogP contribution >= 0.6 is 22.6 Å². The lowest BCUT2D eigenvalue weighted by atomic mass is 9.99. The Morgan fingerprint density at radius 1 is 1.00 bits per heavy atom. The first-order valence-electron chi connectivity index (χ1n) is 8.98. The summed E-state index contributed by atoms with van der Waals surface area (Å²) in [6.45, 7) is 4.08. The van der Waals surface area contributed by atoms with Crippen molar-refractivity contribution in [3.05, 3.63) is 99.6 Å². The molecule has 3 nitrogen and oxygen atoms in total. The average Bonchev–Trinajstić information content (AvgIpc) is 2.77. The zero-order valence-corrected chi connectivity index (χ0v) is 18.4.